The van der Waals surface area contributed by atoms with Crippen molar-refractivity contribution in [2.75, 3.05) is 0 Å². The predicted molar refractivity (Wildman–Crippen MR) is 51.7 cm³/mol. The van der Waals surface area contributed by atoms with Crippen LogP contribution in [0.3, 0.4) is 0 Å². The van der Waals surface area contributed by atoms with E-state index in [0.29, 0.717) is 5.56 Å². The molecule has 0 aliphatic carbocycles. The summed E-state index contributed by atoms with van der Waals surface area (Å²) in [6.07, 6.45) is 1.50. The quantitative estimate of drug-likeness (QED) is 0.392. The largest absolute Gasteiger partial charge is 0.392 e. The Morgan fingerprint density at radius 1 is 1.81 bits per heavy atom. The van der Waals surface area contributed by atoms with E-state index in [1.54, 1.807) is 12.5 Å². The molecule has 0 fully saturated rings. The van der Waals surface area contributed by atoms with Gasteiger partial charge in [0.25, 0.3) is 0 Å². The number of nitrogens with two attached hydrogens (primary N) is 1. The monoisotopic (exact) mass is 229 g/mol. The van der Waals surface area contributed by atoms with Crippen LogP contribution in [0.2, 0.25) is 0 Å². The molecule has 3 N–H and O–H groups in total. The molecule has 88 valence electrons. The van der Waals surface area contributed by atoms with Gasteiger partial charge in [-0.1, -0.05) is 5.59 Å². The average Bonchev–Trinajstić information content (AvgIpc) is 2.57. The molecule has 16 heavy (non-hydrogen) atoms. The lowest BCUT2D eigenvalue weighted by atomic mass is 10.4. The fourth-order valence-electron chi connectivity index (χ4n) is 1.13. The molecular weight excluding hydrogens is 218 g/mol. The van der Waals surface area contributed by atoms with E-state index >= 15 is 0 Å². The van der Waals surface area contributed by atoms with Gasteiger partial charge in [-0.2, -0.15) is 4.68 Å². The molecule has 0 saturated heterocycles. The Hall–Kier alpha value is -2.00. The standard InChI is InChI=1S/C7H11N5O4/c1-5-4-11(9-7(5)12(14)15)3-2-6(13)16-10-8/h4,10H,2-3,8H2,1H3. The Morgan fingerprint density at radius 3 is 3.00 bits per heavy atom. The van der Waals surface area contributed by atoms with Gasteiger partial charge in [0, 0.05) is 0 Å². The number of carbonyl (C=O) groups excluding carboxylic acids is 1. The molecule has 0 unspecified atom stereocenters. The molecule has 1 rings (SSSR count). The molecule has 0 spiro atoms. The van der Waals surface area contributed by atoms with Gasteiger partial charge in [-0.25, -0.2) is 5.84 Å². The number of carbonyl (C=O) groups is 1. The topological polar surface area (TPSA) is 125 Å². The van der Waals surface area contributed by atoms with Gasteiger partial charge in [-0.05, 0) is 11.8 Å². The minimum absolute atomic E-state index is 0.0163. The average molecular weight is 229 g/mol. The smallest absolute Gasteiger partial charge is 0.358 e. The SMILES string of the molecule is Cc1cn(CCC(=O)ONN)nc1[N+](=O)[O-]. The second-order valence-corrected chi connectivity index (χ2v) is 3.00. The second kappa shape index (κ2) is 5.19. The van der Waals surface area contributed by atoms with Gasteiger partial charge in [0.2, 0.25) is 0 Å². The first-order chi connectivity index (χ1) is 7.54. The fourth-order valence-corrected chi connectivity index (χ4v) is 1.13. The Bertz CT molecular complexity index is 401. The van der Waals surface area contributed by atoms with E-state index in [4.69, 9.17) is 5.84 Å². The highest BCUT2D eigenvalue weighted by Crippen LogP contribution is 2.13. The summed E-state index contributed by atoms with van der Waals surface area (Å²) in [5.74, 6) is 3.97. The number of hydrogen-bond donors (Lipinski definition) is 2. The number of nitrogens with zero attached hydrogens (tertiary/aromatic N) is 3. The molecule has 1 aromatic heterocycles. The maximum atomic E-state index is 10.9. The van der Waals surface area contributed by atoms with Crippen molar-refractivity contribution in [2.45, 2.75) is 19.9 Å². The minimum atomic E-state index is -0.578. The molecule has 0 amide bonds. The lowest BCUT2D eigenvalue weighted by molar-refractivity contribution is -0.390. The minimum Gasteiger partial charge on any atom is -0.358 e. The molecule has 1 aromatic rings. The van der Waals surface area contributed by atoms with Crippen molar-refractivity contribution in [1.82, 2.24) is 15.4 Å². The predicted octanol–water partition coefficient (Wildman–Crippen LogP) is -0.589. The molecular formula is C7H11N5O4. The molecule has 0 aliphatic rings. The van der Waals surface area contributed by atoms with Crippen LogP contribution in [0.1, 0.15) is 12.0 Å². The Kier molecular flexibility index (Phi) is 3.91. The van der Waals surface area contributed by atoms with E-state index < -0.39 is 10.9 Å². The molecule has 0 aliphatic heterocycles. The van der Waals surface area contributed by atoms with E-state index in [1.165, 1.54) is 10.9 Å². The van der Waals surface area contributed by atoms with Gasteiger partial charge < -0.3 is 15.0 Å². The summed E-state index contributed by atoms with van der Waals surface area (Å²) in [4.78, 5) is 25.1. The van der Waals surface area contributed by atoms with E-state index in [-0.39, 0.29) is 18.8 Å². The third-order valence-electron chi connectivity index (χ3n) is 1.81. The Labute approximate surface area is 90.2 Å². The molecule has 0 atom stereocenters. The van der Waals surface area contributed by atoms with Gasteiger partial charge in [-0.15, -0.1) is 0 Å². The fraction of sp³-hybridized carbons (Fsp3) is 0.429. The van der Waals surface area contributed by atoms with Crippen LogP contribution in [0.25, 0.3) is 0 Å². The normalized spacial score (nSPS) is 10.1. The summed E-state index contributed by atoms with van der Waals surface area (Å²) >= 11 is 0. The lowest BCUT2D eigenvalue weighted by Crippen LogP contribution is -2.26. The van der Waals surface area contributed by atoms with E-state index in [2.05, 4.69) is 9.94 Å². The van der Waals surface area contributed by atoms with Gasteiger partial charge in [0.1, 0.15) is 0 Å². The first-order valence-electron chi connectivity index (χ1n) is 4.38. The van der Waals surface area contributed by atoms with Crippen molar-refractivity contribution < 1.29 is 14.6 Å². The number of aromatic nitrogens is 2. The van der Waals surface area contributed by atoms with Crippen LogP contribution in [0.4, 0.5) is 5.82 Å². The van der Waals surface area contributed by atoms with Crippen LogP contribution in [-0.2, 0) is 16.2 Å². The van der Waals surface area contributed by atoms with Crippen molar-refractivity contribution >= 4 is 11.8 Å². The number of aryl methyl sites for hydroxylation is 2. The third kappa shape index (κ3) is 3.00. The van der Waals surface area contributed by atoms with Crippen molar-refractivity contribution in [3.8, 4) is 0 Å². The summed E-state index contributed by atoms with van der Waals surface area (Å²) < 4.78 is 1.31. The first-order valence-corrected chi connectivity index (χ1v) is 4.38. The Morgan fingerprint density at radius 2 is 2.50 bits per heavy atom. The van der Waals surface area contributed by atoms with Crippen molar-refractivity contribution in [2.24, 2.45) is 5.84 Å². The van der Waals surface area contributed by atoms with Gasteiger partial charge in [0.15, 0.2) is 0 Å². The summed E-state index contributed by atoms with van der Waals surface area (Å²) in [5.41, 5.74) is 2.19. The molecule has 0 aromatic carbocycles. The van der Waals surface area contributed by atoms with Crippen LogP contribution in [0.15, 0.2) is 6.20 Å². The maximum absolute atomic E-state index is 10.9. The molecule has 9 heteroatoms. The zero-order valence-electron chi connectivity index (χ0n) is 8.54. The summed E-state index contributed by atoms with van der Waals surface area (Å²) in [5, 5.41) is 14.2. The summed E-state index contributed by atoms with van der Waals surface area (Å²) in [6, 6.07) is 0. The van der Waals surface area contributed by atoms with Crippen LogP contribution >= 0.6 is 0 Å². The number of nitro groups is 1. The number of hydrazine groups is 1. The van der Waals surface area contributed by atoms with E-state index in [9.17, 15) is 14.9 Å². The van der Waals surface area contributed by atoms with Crippen LogP contribution < -0.4 is 11.4 Å². The third-order valence-corrected chi connectivity index (χ3v) is 1.81. The second-order valence-electron chi connectivity index (χ2n) is 3.00. The van der Waals surface area contributed by atoms with Gasteiger partial charge in [-0.3, -0.25) is 4.79 Å². The van der Waals surface area contributed by atoms with Crippen LogP contribution in [-0.4, -0.2) is 20.7 Å². The van der Waals surface area contributed by atoms with Gasteiger partial charge >= 0.3 is 11.8 Å². The number of rotatable bonds is 5. The highest BCUT2D eigenvalue weighted by atomic mass is 16.7. The molecule has 0 radical (unpaired) electrons. The molecule has 0 saturated carbocycles. The van der Waals surface area contributed by atoms with Crippen LogP contribution in [0, 0.1) is 17.0 Å². The summed E-state index contributed by atoms with van der Waals surface area (Å²) in [6.45, 7) is 1.76. The van der Waals surface area contributed by atoms with E-state index in [0.717, 1.165) is 0 Å². The lowest BCUT2D eigenvalue weighted by Gasteiger charge is -1.98. The summed E-state index contributed by atoms with van der Waals surface area (Å²) in [7, 11) is 0. The Balaban J connectivity index is 2.58. The zero-order valence-corrected chi connectivity index (χ0v) is 8.54. The van der Waals surface area contributed by atoms with Crippen molar-refractivity contribution in [1.29, 1.82) is 0 Å². The molecule has 9 nitrogen and oxygen atoms in total. The molecule has 1 heterocycles. The highest BCUT2D eigenvalue weighted by molar-refractivity contribution is 5.68. The van der Waals surface area contributed by atoms with Crippen molar-refractivity contribution in [3.63, 3.8) is 0 Å². The molecule has 0 bridgehead atoms. The number of nitrogens with one attached hydrogen (secondary N) is 1. The zero-order chi connectivity index (χ0) is 12.1. The van der Waals surface area contributed by atoms with Crippen molar-refractivity contribution in [3.05, 3.63) is 21.9 Å². The maximum Gasteiger partial charge on any atom is 0.392 e. The highest BCUT2D eigenvalue weighted by Gasteiger charge is 2.17. The first kappa shape index (κ1) is 12.1. The van der Waals surface area contributed by atoms with Gasteiger partial charge in [0.05, 0.1) is 29.8 Å². The van der Waals surface area contributed by atoms with E-state index in [1.807, 2.05) is 0 Å². The van der Waals surface area contributed by atoms with Crippen LogP contribution in [0.5, 0.6) is 0 Å². The number of hydrogen-bond acceptors (Lipinski definition) is 7.